The summed E-state index contributed by atoms with van der Waals surface area (Å²) in [5.74, 6) is 1.32. The van der Waals surface area contributed by atoms with Crippen LogP contribution in [0.5, 0.6) is 0 Å². The second-order valence-corrected chi connectivity index (χ2v) is 4.53. The highest BCUT2D eigenvalue weighted by atomic mass is 16.2. The van der Waals surface area contributed by atoms with Crippen molar-refractivity contribution in [2.45, 2.75) is 19.3 Å². The summed E-state index contributed by atoms with van der Waals surface area (Å²) in [5.41, 5.74) is -0.623. The quantitative estimate of drug-likeness (QED) is 0.802. The molecule has 1 aromatic heterocycles. The molecule has 88 valence electrons. The molecule has 5 heteroatoms. The molecule has 0 spiro atoms. The van der Waals surface area contributed by atoms with Gasteiger partial charge in [-0.15, -0.1) is 0 Å². The van der Waals surface area contributed by atoms with Crippen molar-refractivity contribution in [2.75, 3.05) is 18.5 Å². The highest BCUT2D eigenvalue weighted by molar-refractivity contribution is 5.35. The smallest absolute Gasteiger partial charge is 0.329 e. The molecule has 1 heterocycles. The first kappa shape index (κ1) is 11.0. The molecule has 0 saturated heterocycles. The number of nitrogens with zero attached hydrogens (tertiary/aromatic N) is 2. The summed E-state index contributed by atoms with van der Waals surface area (Å²) in [6, 6.07) is 1.47. The Kier molecular flexibility index (Phi) is 2.85. The second kappa shape index (κ2) is 4.15. The van der Waals surface area contributed by atoms with Gasteiger partial charge in [0.2, 0.25) is 0 Å². The minimum Gasteiger partial charge on any atom is -0.361 e. The van der Waals surface area contributed by atoms with Crippen molar-refractivity contribution in [2.24, 2.45) is 13.0 Å². The molecule has 1 aliphatic carbocycles. The Morgan fingerprint density at radius 3 is 2.69 bits per heavy atom. The Labute approximate surface area is 93.7 Å². The first-order valence-corrected chi connectivity index (χ1v) is 5.59. The van der Waals surface area contributed by atoms with Gasteiger partial charge in [0.25, 0.3) is 5.56 Å². The van der Waals surface area contributed by atoms with E-state index in [1.165, 1.54) is 32.4 Å². The van der Waals surface area contributed by atoms with Gasteiger partial charge in [0.05, 0.1) is 0 Å². The molecule has 16 heavy (non-hydrogen) atoms. The molecular weight excluding hydrogens is 206 g/mol. The second-order valence-electron chi connectivity index (χ2n) is 4.53. The van der Waals surface area contributed by atoms with Gasteiger partial charge in [0.15, 0.2) is 0 Å². The first-order valence-electron chi connectivity index (χ1n) is 5.59. The Bertz CT molecular complexity index is 453. The third kappa shape index (κ3) is 2.03. The number of rotatable bonds is 3. The molecule has 0 aliphatic heterocycles. The standard InChI is InChI=1S/C11H17N3O2/c1-13(7-8-4-3-5-8)9-6-10(15)14(2)11(16)12-9/h6,8H,3-5,7H2,1-2H3,(H,12,16). The van der Waals surface area contributed by atoms with E-state index in [1.54, 1.807) is 0 Å². The number of H-pyrrole nitrogens is 1. The van der Waals surface area contributed by atoms with Gasteiger partial charge in [0.1, 0.15) is 5.82 Å². The normalized spacial score (nSPS) is 15.9. The van der Waals surface area contributed by atoms with Crippen LogP contribution in [0, 0.1) is 5.92 Å². The number of nitrogens with one attached hydrogen (secondary N) is 1. The lowest BCUT2D eigenvalue weighted by Crippen LogP contribution is -2.36. The fourth-order valence-electron chi connectivity index (χ4n) is 1.91. The SMILES string of the molecule is CN(CC1CCC1)c1cc(=O)n(C)c(=O)[nH]1. The van der Waals surface area contributed by atoms with Crippen LogP contribution in [0.2, 0.25) is 0 Å². The summed E-state index contributed by atoms with van der Waals surface area (Å²) in [7, 11) is 3.37. The molecule has 1 fully saturated rings. The van der Waals surface area contributed by atoms with Crippen LogP contribution in [0.1, 0.15) is 19.3 Å². The van der Waals surface area contributed by atoms with E-state index in [0.29, 0.717) is 11.7 Å². The van der Waals surface area contributed by atoms with Gasteiger partial charge in [-0.05, 0) is 18.8 Å². The monoisotopic (exact) mass is 223 g/mol. The van der Waals surface area contributed by atoms with Crippen molar-refractivity contribution in [3.63, 3.8) is 0 Å². The molecule has 0 bridgehead atoms. The van der Waals surface area contributed by atoms with Gasteiger partial charge < -0.3 is 4.90 Å². The average molecular weight is 223 g/mol. The summed E-state index contributed by atoms with van der Waals surface area (Å²) in [6.45, 7) is 0.906. The van der Waals surface area contributed by atoms with E-state index in [-0.39, 0.29) is 11.2 Å². The minimum absolute atomic E-state index is 0.265. The van der Waals surface area contributed by atoms with Crippen LogP contribution in [0.15, 0.2) is 15.7 Å². The summed E-state index contributed by atoms with van der Waals surface area (Å²) >= 11 is 0. The zero-order valence-corrected chi connectivity index (χ0v) is 9.69. The number of hydrogen-bond acceptors (Lipinski definition) is 3. The summed E-state index contributed by atoms with van der Waals surface area (Å²) in [4.78, 5) is 27.5. The van der Waals surface area contributed by atoms with E-state index in [0.717, 1.165) is 11.1 Å². The van der Waals surface area contributed by atoms with E-state index in [9.17, 15) is 9.59 Å². The van der Waals surface area contributed by atoms with Crippen LogP contribution in [0.25, 0.3) is 0 Å². The fraction of sp³-hybridized carbons (Fsp3) is 0.636. The molecule has 1 saturated carbocycles. The Morgan fingerprint density at radius 1 is 1.50 bits per heavy atom. The molecule has 0 atom stereocenters. The molecule has 2 rings (SSSR count). The van der Waals surface area contributed by atoms with E-state index in [1.807, 2.05) is 11.9 Å². The predicted octanol–water partition coefficient (Wildman–Crippen LogP) is 0.310. The van der Waals surface area contributed by atoms with Gasteiger partial charge >= 0.3 is 5.69 Å². The molecule has 1 N–H and O–H groups in total. The third-order valence-corrected chi connectivity index (χ3v) is 3.30. The van der Waals surface area contributed by atoms with E-state index in [4.69, 9.17) is 0 Å². The maximum absolute atomic E-state index is 11.5. The van der Waals surface area contributed by atoms with Crippen molar-refractivity contribution >= 4 is 5.82 Å². The number of hydrogen-bond donors (Lipinski definition) is 1. The molecule has 0 radical (unpaired) electrons. The van der Waals surface area contributed by atoms with Gasteiger partial charge in [-0.25, -0.2) is 4.79 Å². The van der Waals surface area contributed by atoms with Crippen molar-refractivity contribution in [3.8, 4) is 0 Å². The summed E-state index contributed by atoms with van der Waals surface area (Å²) < 4.78 is 1.07. The number of aromatic nitrogens is 2. The maximum Gasteiger partial charge on any atom is 0.329 e. The van der Waals surface area contributed by atoms with Crippen molar-refractivity contribution in [1.29, 1.82) is 0 Å². The Morgan fingerprint density at radius 2 is 2.19 bits per heavy atom. The first-order chi connectivity index (χ1) is 7.58. The van der Waals surface area contributed by atoms with Gasteiger partial charge in [-0.1, -0.05) is 6.42 Å². The third-order valence-electron chi connectivity index (χ3n) is 3.30. The van der Waals surface area contributed by atoms with Crippen LogP contribution in [0.4, 0.5) is 5.82 Å². The molecule has 1 aromatic rings. The average Bonchev–Trinajstić information content (AvgIpc) is 2.19. The molecule has 0 unspecified atom stereocenters. The Hall–Kier alpha value is -1.52. The van der Waals surface area contributed by atoms with Crippen LogP contribution in [0.3, 0.4) is 0 Å². The van der Waals surface area contributed by atoms with E-state index in [2.05, 4.69) is 4.98 Å². The number of aromatic amines is 1. The largest absolute Gasteiger partial charge is 0.361 e. The zero-order chi connectivity index (χ0) is 11.7. The van der Waals surface area contributed by atoms with Crippen molar-refractivity contribution in [3.05, 3.63) is 26.9 Å². The molecule has 5 nitrogen and oxygen atoms in total. The minimum atomic E-state index is -0.358. The highest BCUT2D eigenvalue weighted by Crippen LogP contribution is 2.27. The zero-order valence-electron chi connectivity index (χ0n) is 9.69. The van der Waals surface area contributed by atoms with Crippen LogP contribution in [-0.4, -0.2) is 23.1 Å². The fourth-order valence-corrected chi connectivity index (χ4v) is 1.91. The van der Waals surface area contributed by atoms with Crippen molar-refractivity contribution in [1.82, 2.24) is 9.55 Å². The summed E-state index contributed by atoms with van der Waals surface area (Å²) in [6.07, 6.45) is 3.80. The van der Waals surface area contributed by atoms with Gasteiger partial charge in [-0.3, -0.25) is 14.3 Å². The van der Waals surface area contributed by atoms with Gasteiger partial charge in [-0.2, -0.15) is 0 Å². The van der Waals surface area contributed by atoms with E-state index >= 15 is 0 Å². The van der Waals surface area contributed by atoms with Crippen LogP contribution < -0.4 is 16.1 Å². The molecule has 0 aromatic carbocycles. The van der Waals surface area contributed by atoms with Crippen LogP contribution >= 0.6 is 0 Å². The molecule has 0 amide bonds. The lowest BCUT2D eigenvalue weighted by Gasteiger charge is -2.30. The highest BCUT2D eigenvalue weighted by Gasteiger charge is 2.19. The number of anilines is 1. The van der Waals surface area contributed by atoms with Gasteiger partial charge in [0, 0.05) is 26.7 Å². The lowest BCUT2D eigenvalue weighted by atomic mass is 9.85. The van der Waals surface area contributed by atoms with E-state index < -0.39 is 0 Å². The summed E-state index contributed by atoms with van der Waals surface area (Å²) in [5, 5.41) is 0. The lowest BCUT2D eigenvalue weighted by molar-refractivity contribution is 0.321. The molecule has 1 aliphatic rings. The maximum atomic E-state index is 11.5. The Balaban J connectivity index is 2.19. The topological polar surface area (TPSA) is 58.1 Å². The molecular formula is C11H17N3O2. The predicted molar refractivity (Wildman–Crippen MR) is 62.9 cm³/mol. The van der Waals surface area contributed by atoms with Crippen molar-refractivity contribution < 1.29 is 0 Å². The van der Waals surface area contributed by atoms with Crippen LogP contribution in [-0.2, 0) is 7.05 Å².